The summed E-state index contributed by atoms with van der Waals surface area (Å²) in [6.07, 6.45) is -19.1. The summed E-state index contributed by atoms with van der Waals surface area (Å²) < 4.78 is 155. The normalized spacial score (nSPS) is 12.6. The number of alkyl halides is 8. The van der Waals surface area contributed by atoms with E-state index in [-0.39, 0.29) is 37.6 Å². The lowest BCUT2D eigenvalue weighted by Gasteiger charge is -2.16. The Balaban J connectivity index is 0.000000211. The van der Waals surface area contributed by atoms with Crippen molar-refractivity contribution in [3.8, 4) is 34.5 Å². The molecule has 0 saturated carbocycles. The Morgan fingerprint density at radius 1 is 0.514 bits per heavy atom. The maximum absolute atomic E-state index is 13.2. The van der Waals surface area contributed by atoms with E-state index in [1.54, 1.807) is 54.6 Å². The zero-order chi connectivity index (χ0) is 51.7. The molecule has 380 valence electrons. The number of halogens is 9. The second-order valence-corrected chi connectivity index (χ2v) is 16.0. The first kappa shape index (κ1) is 52.2. The summed E-state index contributed by atoms with van der Waals surface area (Å²) in [5.74, 6) is -0.402. The molecule has 0 aliphatic heterocycles. The first-order chi connectivity index (χ1) is 34.3. The summed E-state index contributed by atoms with van der Waals surface area (Å²) in [6.45, 7) is 5.28. The number of esters is 2. The van der Waals surface area contributed by atoms with E-state index in [0.717, 1.165) is 29.8 Å². The first-order valence-electron chi connectivity index (χ1n) is 21.6. The molecule has 12 nitrogen and oxygen atoms in total. The molecule has 0 bridgehead atoms. The van der Waals surface area contributed by atoms with Gasteiger partial charge in [0.2, 0.25) is 0 Å². The van der Waals surface area contributed by atoms with Gasteiger partial charge in [-0.25, -0.2) is 9.59 Å². The highest BCUT2D eigenvalue weighted by Crippen LogP contribution is 2.38. The fourth-order valence-electron chi connectivity index (χ4n) is 6.75. The smallest absolute Gasteiger partial charge is 0.461 e. The van der Waals surface area contributed by atoms with E-state index in [4.69, 9.17) is 48.9 Å². The predicted octanol–water partition coefficient (Wildman–Crippen LogP) is 13.4. The van der Waals surface area contributed by atoms with Crippen molar-refractivity contribution in [2.45, 2.75) is 58.0 Å². The molecule has 2 atom stereocenters. The Morgan fingerprint density at radius 2 is 0.931 bits per heavy atom. The van der Waals surface area contributed by atoms with Gasteiger partial charge in [0.15, 0.2) is 12.2 Å². The van der Waals surface area contributed by atoms with Crippen LogP contribution >= 0.6 is 11.6 Å². The quantitative estimate of drug-likeness (QED) is 0.0408. The number of ether oxygens (including phenoxy) is 8. The van der Waals surface area contributed by atoms with E-state index < -0.39 is 60.7 Å². The molecule has 2 unspecified atom stereocenters. The molecule has 0 fully saturated rings. The standard InChI is InChI=1S/C26H22F4O6.C25H19ClF4O6/c1-15-4-3-5-17(12-15)32-10-11-33-24(31)16(2)34-18-6-8-20-21-9-7-19(36-26(29,30)25(27)28)14-23(21)35-22(20)13-18;1-14(23(31)33-11-10-32-20-5-3-2-4-19(20)26)34-15-6-8-17-18-9-7-16(36-25(29,30)24(27)28)13-22(18)35-21(17)12-15/h3-9,12-14,16,25H,10-11H2,1-2H3;2-9,12-14,24H,10-11H2,1H3. The summed E-state index contributed by atoms with van der Waals surface area (Å²) in [7, 11) is 0. The highest BCUT2D eigenvalue weighted by atomic mass is 35.5. The molecule has 0 saturated heterocycles. The number of para-hydroxylation sites is 1. The number of hydrogen-bond acceptors (Lipinski definition) is 12. The molecule has 2 heterocycles. The van der Waals surface area contributed by atoms with E-state index >= 15 is 0 Å². The largest absolute Gasteiger partial charge is 0.490 e. The van der Waals surface area contributed by atoms with Crippen molar-refractivity contribution >= 4 is 67.4 Å². The van der Waals surface area contributed by atoms with Crippen molar-refractivity contribution in [1.82, 2.24) is 0 Å². The molecule has 0 amide bonds. The molecule has 8 rings (SSSR count). The highest BCUT2D eigenvalue weighted by molar-refractivity contribution is 6.32. The lowest BCUT2D eigenvalue weighted by atomic mass is 10.1. The van der Waals surface area contributed by atoms with Crippen LogP contribution < -0.4 is 28.4 Å². The zero-order valence-corrected chi connectivity index (χ0v) is 38.7. The van der Waals surface area contributed by atoms with Crippen LogP contribution in [0.3, 0.4) is 0 Å². The number of hydrogen-bond donors (Lipinski definition) is 0. The topological polar surface area (TPSA) is 134 Å². The van der Waals surface area contributed by atoms with Crippen LogP contribution in [-0.2, 0) is 19.1 Å². The zero-order valence-electron chi connectivity index (χ0n) is 38.0. The van der Waals surface area contributed by atoms with Crippen LogP contribution in [0.2, 0.25) is 5.02 Å². The van der Waals surface area contributed by atoms with Crippen LogP contribution in [0.5, 0.6) is 34.5 Å². The Bertz CT molecular complexity index is 3160. The van der Waals surface area contributed by atoms with Crippen molar-refractivity contribution < 1.29 is 91.4 Å². The number of carbonyl (C=O) groups is 2. The fourth-order valence-corrected chi connectivity index (χ4v) is 6.94. The molecule has 2 aromatic heterocycles. The Hall–Kier alpha value is -7.61. The molecule has 0 aliphatic carbocycles. The number of furan rings is 2. The third kappa shape index (κ3) is 13.2. The molecule has 21 heteroatoms. The average molecular weight is 1030 g/mol. The van der Waals surface area contributed by atoms with Crippen molar-refractivity contribution in [1.29, 1.82) is 0 Å². The van der Waals surface area contributed by atoms with Gasteiger partial charge in [-0.2, -0.15) is 35.1 Å². The maximum Gasteiger partial charge on any atom is 0.461 e. The summed E-state index contributed by atoms with van der Waals surface area (Å²) in [5, 5.41) is 2.81. The monoisotopic (exact) mass is 1030 g/mol. The highest BCUT2D eigenvalue weighted by Gasteiger charge is 2.45. The lowest BCUT2D eigenvalue weighted by Crippen LogP contribution is -2.33. The van der Waals surface area contributed by atoms with Crippen LogP contribution in [0.15, 0.2) is 130 Å². The third-order valence-electron chi connectivity index (χ3n) is 10.1. The lowest BCUT2D eigenvalue weighted by molar-refractivity contribution is -0.253. The predicted molar refractivity (Wildman–Crippen MR) is 246 cm³/mol. The molecule has 0 radical (unpaired) electrons. The van der Waals surface area contributed by atoms with Gasteiger partial charge in [0, 0.05) is 45.8 Å². The maximum atomic E-state index is 13.2. The number of rotatable bonds is 20. The van der Waals surface area contributed by atoms with Gasteiger partial charge in [-0.1, -0.05) is 35.9 Å². The van der Waals surface area contributed by atoms with Gasteiger partial charge in [0.05, 0.1) is 5.02 Å². The van der Waals surface area contributed by atoms with Crippen molar-refractivity contribution in [3.05, 3.63) is 132 Å². The minimum absolute atomic E-state index is 0.0185. The first-order valence-corrected chi connectivity index (χ1v) is 22.0. The molecule has 8 aromatic rings. The summed E-state index contributed by atoms with van der Waals surface area (Å²) in [5.41, 5.74) is 2.03. The summed E-state index contributed by atoms with van der Waals surface area (Å²) in [4.78, 5) is 24.5. The fraction of sp³-hybridized carbons (Fsp3) is 0.255. The Morgan fingerprint density at radius 3 is 1.36 bits per heavy atom. The Kier molecular flexibility index (Phi) is 16.4. The van der Waals surface area contributed by atoms with Crippen LogP contribution in [0.1, 0.15) is 19.4 Å². The van der Waals surface area contributed by atoms with Gasteiger partial charge in [-0.05, 0) is 99.1 Å². The molecule has 0 spiro atoms. The number of carbonyl (C=O) groups excluding carboxylic acids is 2. The average Bonchev–Trinajstić information content (AvgIpc) is 3.88. The van der Waals surface area contributed by atoms with Gasteiger partial charge in [-0.3, -0.25) is 0 Å². The second-order valence-electron chi connectivity index (χ2n) is 15.6. The summed E-state index contributed by atoms with van der Waals surface area (Å²) >= 11 is 5.99. The van der Waals surface area contributed by atoms with Crippen LogP contribution in [-0.4, -0.2) is 75.6 Å². The van der Waals surface area contributed by atoms with E-state index in [9.17, 15) is 44.7 Å². The molecular weight excluding hydrogens is 992 g/mol. The SMILES string of the molecule is CC(Oc1ccc2c(c1)oc1cc(OC(F)(F)C(F)F)ccc12)C(=O)OCCOc1ccccc1Cl.Cc1cccc(OCCOC(=O)C(C)Oc2ccc3c(c2)oc2cc(OC(F)(F)C(F)F)ccc23)c1. The van der Waals surface area contributed by atoms with Crippen LogP contribution in [0.4, 0.5) is 35.1 Å². The Labute approximate surface area is 408 Å². The molecular formula is C51H41ClF8O12. The number of aryl methyl sites for hydroxylation is 1. The molecule has 72 heavy (non-hydrogen) atoms. The molecule has 6 aromatic carbocycles. The number of benzene rings is 6. The van der Waals surface area contributed by atoms with E-state index in [1.807, 2.05) is 25.1 Å². The van der Waals surface area contributed by atoms with E-state index in [2.05, 4.69) is 9.47 Å². The van der Waals surface area contributed by atoms with E-state index in [0.29, 0.717) is 60.7 Å². The molecule has 0 N–H and O–H groups in total. The van der Waals surface area contributed by atoms with Gasteiger partial charge < -0.3 is 46.7 Å². The minimum atomic E-state index is -4.63. The molecule has 0 aliphatic rings. The van der Waals surface area contributed by atoms with Crippen LogP contribution in [0, 0.1) is 6.92 Å². The van der Waals surface area contributed by atoms with Gasteiger partial charge in [0.1, 0.15) is 83.3 Å². The van der Waals surface area contributed by atoms with Crippen molar-refractivity contribution in [3.63, 3.8) is 0 Å². The van der Waals surface area contributed by atoms with Gasteiger partial charge in [0.25, 0.3) is 0 Å². The second kappa shape index (κ2) is 22.6. The summed E-state index contributed by atoms with van der Waals surface area (Å²) in [6, 6.07) is 31.3. The van der Waals surface area contributed by atoms with Crippen LogP contribution in [0.25, 0.3) is 43.9 Å². The van der Waals surface area contributed by atoms with Crippen molar-refractivity contribution in [2.24, 2.45) is 0 Å². The minimum Gasteiger partial charge on any atom is -0.490 e. The van der Waals surface area contributed by atoms with Crippen molar-refractivity contribution in [2.75, 3.05) is 26.4 Å². The van der Waals surface area contributed by atoms with Gasteiger partial charge >= 0.3 is 37.0 Å². The number of fused-ring (bicyclic) bond motifs is 6. The van der Waals surface area contributed by atoms with Gasteiger partial charge in [-0.15, -0.1) is 0 Å². The van der Waals surface area contributed by atoms with E-state index in [1.165, 1.54) is 38.1 Å². The third-order valence-corrected chi connectivity index (χ3v) is 10.5.